The van der Waals surface area contributed by atoms with E-state index in [1.165, 1.54) is 0 Å². The van der Waals surface area contributed by atoms with E-state index in [4.69, 9.17) is 4.98 Å². The topological polar surface area (TPSA) is 86.9 Å². The van der Waals surface area contributed by atoms with Crippen LogP contribution in [0.25, 0.3) is 11.0 Å². The normalized spacial score (nSPS) is 12.9. The Bertz CT molecular complexity index is 1260. The Morgan fingerprint density at radius 2 is 1.57 bits per heavy atom. The summed E-state index contributed by atoms with van der Waals surface area (Å²) in [5, 5.41) is 6.14. The lowest BCUT2D eigenvalue weighted by atomic mass is 10.00. The highest BCUT2D eigenvalue weighted by molar-refractivity contribution is 5.98. The van der Waals surface area contributed by atoms with Crippen molar-refractivity contribution >= 4 is 22.8 Å². The fourth-order valence-electron chi connectivity index (χ4n) is 4.24. The number of hydrogen-bond acceptors (Lipinski definition) is 3. The Balaban J connectivity index is 1.59. The average molecular weight is 469 g/mol. The third-order valence-electron chi connectivity index (χ3n) is 6.06. The van der Waals surface area contributed by atoms with Crippen LogP contribution in [0.1, 0.15) is 53.6 Å². The van der Waals surface area contributed by atoms with Crippen LogP contribution < -0.4 is 10.6 Å². The number of hydrogen-bond donors (Lipinski definition) is 3. The molecule has 0 radical (unpaired) electrons. The summed E-state index contributed by atoms with van der Waals surface area (Å²) in [5.74, 6) is 0.452. The number of nitrogens with one attached hydrogen (secondary N) is 3. The number of fused-ring (bicyclic) bond motifs is 1. The zero-order valence-electron chi connectivity index (χ0n) is 20.4. The molecule has 0 spiro atoms. The van der Waals surface area contributed by atoms with Crippen molar-refractivity contribution in [1.82, 2.24) is 20.6 Å². The van der Waals surface area contributed by atoms with Gasteiger partial charge in [0, 0.05) is 5.56 Å². The standard InChI is InChI=1S/C29H32N4O2/c1-19(2)17-26(33-28(34)22-14-8-7-11-20(22)3)29(35)32-25(18-21-12-5-4-6-13-21)27-30-23-15-9-10-16-24(23)31-27/h4-16,19,25-26H,17-18H2,1-3H3,(H,30,31)(H,32,35)(H,33,34). The van der Waals surface area contributed by atoms with Gasteiger partial charge in [0.15, 0.2) is 0 Å². The molecule has 0 bridgehead atoms. The number of amides is 2. The molecule has 2 atom stereocenters. The van der Waals surface area contributed by atoms with E-state index in [0.717, 1.165) is 22.2 Å². The van der Waals surface area contributed by atoms with Gasteiger partial charge < -0.3 is 15.6 Å². The van der Waals surface area contributed by atoms with Gasteiger partial charge in [0.25, 0.3) is 5.91 Å². The third kappa shape index (κ3) is 6.15. The molecular weight excluding hydrogens is 436 g/mol. The first-order valence-electron chi connectivity index (χ1n) is 12.1. The fourth-order valence-corrected chi connectivity index (χ4v) is 4.24. The van der Waals surface area contributed by atoms with E-state index in [1.54, 1.807) is 6.07 Å². The molecule has 1 aromatic heterocycles. The van der Waals surface area contributed by atoms with Gasteiger partial charge in [0.05, 0.1) is 17.1 Å². The molecule has 0 saturated carbocycles. The average Bonchev–Trinajstić information content (AvgIpc) is 3.28. The Morgan fingerprint density at radius 3 is 2.29 bits per heavy atom. The Kier molecular flexibility index (Phi) is 7.60. The smallest absolute Gasteiger partial charge is 0.252 e. The van der Waals surface area contributed by atoms with E-state index in [0.29, 0.717) is 24.2 Å². The van der Waals surface area contributed by atoms with Gasteiger partial charge in [-0.25, -0.2) is 4.98 Å². The van der Waals surface area contributed by atoms with Crippen molar-refractivity contribution in [3.05, 3.63) is 101 Å². The largest absolute Gasteiger partial charge is 0.344 e. The van der Waals surface area contributed by atoms with Gasteiger partial charge in [0.1, 0.15) is 11.9 Å². The second-order valence-corrected chi connectivity index (χ2v) is 9.36. The van der Waals surface area contributed by atoms with Gasteiger partial charge in [0.2, 0.25) is 5.91 Å². The summed E-state index contributed by atoms with van der Waals surface area (Å²) in [6, 6.07) is 24.2. The molecule has 3 N–H and O–H groups in total. The van der Waals surface area contributed by atoms with Crippen LogP contribution in [0.5, 0.6) is 0 Å². The molecule has 4 aromatic rings. The predicted octanol–water partition coefficient (Wildman–Crippen LogP) is 5.12. The number of benzene rings is 3. The maximum Gasteiger partial charge on any atom is 0.252 e. The Hall–Kier alpha value is -3.93. The van der Waals surface area contributed by atoms with Gasteiger partial charge in [-0.1, -0.05) is 74.5 Å². The van der Waals surface area contributed by atoms with Crippen molar-refractivity contribution in [1.29, 1.82) is 0 Å². The highest BCUT2D eigenvalue weighted by Gasteiger charge is 2.27. The van der Waals surface area contributed by atoms with Gasteiger partial charge >= 0.3 is 0 Å². The molecule has 3 aromatic carbocycles. The molecule has 6 nitrogen and oxygen atoms in total. The number of carbonyl (C=O) groups is 2. The molecule has 2 amide bonds. The number of rotatable bonds is 9. The van der Waals surface area contributed by atoms with Crippen LogP contribution in [0.2, 0.25) is 0 Å². The molecule has 1 heterocycles. The maximum absolute atomic E-state index is 13.6. The number of nitrogens with zero attached hydrogens (tertiary/aromatic N) is 1. The summed E-state index contributed by atoms with van der Waals surface area (Å²) in [6.07, 6.45) is 1.11. The molecule has 6 heteroatoms. The second-order valence-electron chi connectivity index (χ2n) is 9.36. The van der Waals surface area contributed by atoms with E-state index >= 15 is 0 Å². The van der Waals surface area contributed by atoms with Crippen LogP contribution in [-0.2, 0) is 11.2 Å². The number of imidazole rings is 1. The number of aromatic nitrogens is 2. The van der Waals surface area contributed by atoms with Crippen LogP contribution >= 0.6 is 0 Å². The molecule has 0 aliphatic rings. The molecule has 0 saturated heterocycles. The monoisotopic (exact) mass is 468 g/mol. The van der Waals surface area contributed by atoms with E-state index < -0.39 is 6.04 Å². The van der Waals surface area contributed by atoms with E-state index in [-0.39, 0.29) is 23.8 Å². The lowest BCUT2D eigenvalue weighted by Gasteiger charge is -2.24. The fraction of sp³-hybridized carbons (Fsp3) is 0.276. The number of aryl methyl sites for hydroxylation is 1. The zero-order valence-corrected chi connectivity index (χ0v) is 20.4. The minimum atomic E-state index is -0.662. The van der Waals surface area contributed by atoms with Crippen LogP contribution in [0.4, 0.5) is 0 Å². The van der Waals surface area contributed by atoms with Gasteiger partial charge in [-0.05, 0) is 55.0 Å². The van der Waals surface area contributed by atoms with Gasteiger partial charge in [-0.2, -0.15) is 0 Å². The van der Waals surface area contributed by atoms with Crippen molar-refractivity contribution in [3.63, 3.8) is 0 Å². The first-order valence-corrected chi connectivity index (χ1v) is 12.1. The van der Waals surface area contributed by atoms with Crippen LogP contribution in [0.3, 0.4) is 0 Å². The summed E-state index contributed by atoms with van der Waals surface area (Å²) in [5.41, 5.74) is 4.30. The Morgan fingerprint density at radius 1 is 0.886 bits per heavy atom. The molecule has 0 fully saturated rings. The number of carbonyl (C=O) groups excluding carboxylic acids is 2. The first-order chi connectivity index (χ1) is 16.9. The molecule has 35 heavy (non-hydrogen) atoms. The molecule has 0 aliphatic heterocycles. The maximum atomic E-state index is 13.6. The zero-order chi connectivity index (χ0) is 24.8. The van der Waals surface area contributed by atoms with Crippen molar-refractivity contribution in [2.45, 2.75) is 45.7 Å². The minimum absolute atomic E-state index is 0.220. The Labute approximate surface area is 206 Å². The van der Waals surface area contributed by atoms with E-state index in [9.17, 15) is 9.59 Å². The third-order valence-corrected chi connectivity index (χ3v) is 6.06. The van der Waals surface area contributed by atoms with Crippen LogP contribution in [0.15, 0.2) is 78.9 Å². The molecule has 4 rings (SSSR count). The van der Waals surface area contributed by atoms with Gasteiger partial charge in [-0.3, -0.25) is 9.59 Å². The number of H-pyrrole nitrogens is 1. The first kappa shape index (κ1) is 24.2. The van der Waals surface area contributed by atoms with E-state index in [2.05, 4.69) is 15.6 Å². The lowest BCUT2D eigenvalue weighted by molar-refractivity contribution is -0.124. The van der Waals surface area contributed by atoms with Crippen molar-refractivity contribution in [2.24, 2.45) is 5.92 Å². The SMILES string of the molecule is Cc1ccccc1C(=O)NC(CC(C)C)C(=O)NC(Cc1ccccc1)c1nc2ccccc2[nH]1. The summed E-state index contributed by atoms with van der Waals surface area (Å²) in [7, 11) is 0. The highest BCUT2D eigenvalue weighted by atomic mass is 16.2. The lowest BCUT2D eigenvalue weighted by Crippen LogP contribution is -2.48. The predicted molar refractivity (Wildman–Crippen MR) is 139 cm³/mol. The molecule has 180 valence electrons. The molecular formula is C29H32N4O2. The molecule has 0 aliphatic carbocycles. The van der Waals surface area contributed by atoms with Gasteiger partial charge in [-0.15, -0.1) is 0 Å². The summed E-state index contributed by atoms with van der Waals surface area (Å²) < 4.78 is 0. The van der Waals surface area contributed by atoms with Crippen molar-refractivity contribution < 1.29 is 9.59 Å². The van der Waals surface area contributed by atoms with E-state index in [1.807, 2.05) is 93.6 Å². The van der Waals surface area contributed by atoms with Crippen LogP contribution in [-0.4, -0.2) is 27.8 Å². The molecule has 2 unspecified atom stereocenters. The quantitative estimate of drug-likeness (QED) is 0.319. The second kappa shape index (κ2) is 11.0. The minimum Gasteiger partial charge on any atom is -0.344 e. The van der Waals surface area contributed by atoms with Crippen molar-refractivity contribution in [3.8, 4) is 0 Å². The van der Waals surface area contributed by atoms with Crippen molar-refractivity contribution in [2.75, 3.05) is 0 Å². The number of aromatic amines is 1. The highest BCUT2D eigenvalue weighted by Crippen LogP contribution is 2.21. The van der Waals surface area contributed by atoms with Crippen LogP contribution in [0, 0.1) is 12.8 Å². The number of para-hydroxylation sites is 2. The summed E-state index contributed by atoms with van der Waals surface area (Å²) in [4.78, 5) is 34.7. The summed E-state index contributed by atoms with van der Waals surface area (Å²) >= 11 is 0. The summed E-state index contributed by atoms with van der Waals surface area (Å²) in [6.45, 7) is 5.98.